The largest absolute Gasteiger partial charge is 0.394 e. The third-order valence-corrected chi connectivity index (χ3v) is 3.05. The second-order valence-electron chi connectivity index (χ2n) is 3.89. The van der Waals surface area contributed by atoms with E-state index in [-0.39, 0.29) is 12.2 Å². The fourth-order valence-electron chi connectivity index (χ4n) is 2.02. The van der Waals surface area contributed by atoms with E-state index >= 15 is 0 Å². The number of aliphatic hydroxyl groups excluding tert-OH is 1. The zero-order valence-electron chi connectivity index (χ0n) is 8.87. The summed E-state index contributed by atoms with van der Waals surface area (Å²) in [7, 11) is 1.74. The highest BCUT2D eigenvalue weighted by atomic mass is 16.5. The van der Waals surface area contributed by atoms with Crippen LogP contribution in [0, 0.1) is 0 Å². The zero-order chi connectivity index (χ0) is 10.4. The van der Waals surface area contributed by atoms with Crippen LogP contribution in [0.5, 0.6) is 0 Å². The molecule has 0 aromatic heterocycles. The molecular formula is C10H21NO3. The number of rotatable bonds is 5. The van der Waals surface area contributed by atoms with Crippen molar-refractivity contribution in [2.75, 3.05) is 26.9 Å². The van der Waals surface area contributed by atoms with Crippen LogP contribution in [0.4, 0.5) is 0 Å². The second-order valence-corrected chi connectivity index (χ2v) is 3.89. The molecule has 84 valence electrons. The molecule has 0 aromatic rings. The molecule has 1 rings (SSSR count). The van der Waals surface area contributed by atoms with Gasteiger partial charge < -0.3 is 20.3 Å². The lowest BCUT2D eigenvalue weighted by atomic mass is 9.83. The van der Waals surface area contributed by atoms with E-state index in [2.05, 4.69) is 0 Å². The topological polar surface area (TPSA) is 64.7 Å². The van der Waals surface area contributed by atoms with Gasteiger partial charge in [-0.05, 0) is 25.7 Å². The van der Waals surface area contributed by atoms with Gasteiger partial charge in [0.1, 0.15) is 0 Å². The third-order valence-electron chi connectivity index (χ3n) is 3.05. The molecule has 1 aliphatic rings. The van der Waals surface area contributed by atoms with Crippen molar-refractivity contribution in [2.45, 2.75) is 37.4 Å². The van der Waals surface area contributed by atoms with Crippen molar-refractivity contribution in [3.8, 4) is 0 Å². The van der Waals surface area contributed by atoms with Crippen LogP contribution in [0.1, 0.15) is 25.7 Å². The predicted molar refractivity (Wildman–Crippen MR) is 54.1 cm³/mol. The van der Waals surface area contributed by atoms with E-state index < -0.39 is 0 Å². The van der Waals surface area contributed by atoms with Crippen molar-refractivity contribution >= 4 is 0 Å². The Morgan fingerprint density at radius 3 is 2.50 bits per heavy atom. The molecule has 3 N–H and O–H groups in total. The molecule has 0 atom stereocenters. The Kier molecular flexibility index (Phi) is 4.81. The molecule has 1 fully saturated rings. The lowest BCUT2D eigenvalue weighted by molar-refractivity contribution is -0.0955. The first-order valence-corrected chi connectivity index (χ1v) is 5.24. The molecule has 0 spiro atoms. The fraction of sp³-hybridized carbons (Fsp3) is 1.00. The maximum atomic E-state index is 8.71. The van der Waals surface area contributed by atoms with Gasteiger partial charge in [-0.2, -0.15) is 0 Å². The van der Waals surface area contributed by atoms with E-state index in [1.807, 2.05) is 0 Å². The van der Waals surface area contributed by atoms with Crippen molar-refractivity contribution in [3.05, 3.63) is 0 Å². The summed E-state index contributed by atoms with van der Waals surface area (Å²) < 4.78 is 10.9. The Labute approximate surface area is 85.4 Å². The quantitative estimate of drug-likeness (QED) is 0.673. The molecule has 0 radical (unpaired) electrons. The molecule has 0 saturated heterocycles. The Balaban J connectivity index is 2.39. The molecule has 0 amide bonds. The van der Waals surface area contributed by atoms with E-state index in [1.165, 1.54) is 0 Å². The first kappa shape index (κ1) is 11.9. The van der Waals surface area contributed by atoms with Crippen molar-refractivity contribution in [1.82, 2.24) is 0 Å². The summed E-state index contributed by atoms with van der Waals surface area (Å²) in [6, 6.07) is 0. The fourth-order valence-corrected chi connectivity index (χ4v) is 2.02. The standard InChI is InChI=1S/C10H21NO3/c1-13-9-2-4-10(8-11,5-3-9)14-7-6-12/h9,12H,2-8,11H2,1H3. The zero-order valence-corrected chi connectivity index (χ0v) is 8.87. The van der Waals surface area contributed by atoms with Crippen molar-refractivity contribution in [2.24, 2.45) is 5.73 Å². The van der Waals surface area contributed by atoms with Crippen molar-refractivity contribution in [3.63, 3.8) is 0 Å². The van der Waals surface area contributed by atoms with Gasteiger partial charge in [0, 0.05) is 13.7 Å². The van der Waals surface area contributed by atoms with Crippen LogP contribution in [0.2, 0.25) is 0 Å². The molecule has 0 bridgehead atoms. The van der Waals surface area contributed by atoms with Gasteiger partial charge in [0.15, 0.2) is 0 Å². The van der Waals surface area contributed by atoms with Gasteiger partial charge in [0.05, 0.1) is 24.9 Å². The predicted octanol–water partition coefficient (Wildman–Crippen LogP) is 0.282. The van der Waals surface area contributed by atoms with Gasteiger partial charge in [0.25, 0.3) is 0 Å². The van der Waals surface area contributed by atoms with Crippen molar-refractivity contribution in [1.29, 1.82) is 0 Å². The number of methoxy groups -OCH3 is 1. The van der Waals surface area contributed by atoms with Gasteiger partial charge in [-0.25, -0.2) is 0 Å². The van der Waals surface area contributed by atoms with Crippen molar-refractivity contribution < 1.29 is 14.6 Å². The Morgan fingerprint density at radius 1 is 1.43 bits per heavy atom. The maximum Gasteiger partial charge on any atom is 0.0807 e. The SMILES string of the molecule is COC1CCC(CN)(OCCO)CC1. The third kappa shape index (κ3) is 2.92. The lowest BCUT2D eigenvalue weighted by Gasteiger charge is -2.38. The van der Waals surface area contributed by atoms with Crippen LogP contribution in [0.15, 0.2) is 0 Å². The first-order chi connectivity index (χ1) is 6.76. The van der Waals surface area contributed by atoms with Crippen LogP contribution in [0.25, 0.3) is 0 Å². The van der Waals surface area contributed by atoms with E-state index in [9.17, 15) is 0 Å². The number of nitrogens with two attached hydrogens (primary N) is 1. The second kappa shape index (κ2) is 5.66. The normalized spacial score (nSPS) is 33.2. The summed E-state index contributed by atoms with van der Waals surface area (Å²) in [5, 5.41) is 8.71. The lowest BCUT2D eigenvalue weighted by Crippen LogP contribution is -2.45. The Bertz CT molecular complexity index is 155. The molecule has 1 aliphatic carbocycles. The van der Waals surface area contributed by atoms with Crippen LogP contribution in [-0.2, 0) is 9.47 Å². The first-order valence-electron chi connectivity index (χ1n) is 5.24. The molecular weight excluding hydrogens is 182 g/mol. The highest BCUT2D eigenvalue weighted by Crippen LogP contribution is 2.31. The van der Waals surface area contributed by atoms with Crippen LogP contribution in [0.3, 0.4) is 0 Å². The molecule has 0 unspecified atom stereocenters. The minimum absolute atomic E-state index is 0.0649. The summed E-state index contributed by atoms with van der Waals surface area (Å²) in [5.41, 5.74) is 5.51. The summed E-state index contributed by atoms with van der Waals surface area (Å²) in [4.78, 5) is 0. The minimum atomic E-state index is -0.211. The van der Waals surface area contributed by atoms with E-state index in [0.29, 0.717) is 19.3 Å². The Morgan fingerprint density at radius 2 is 2.07 bits per heavy atom. The summed E-state index contributed by atoms with van der Waals surface area (Å²) >= 11 is 0. The van der Waals surface area contributed by atoms with Crippen LogP contribution in [-0.4, -0.2) is 43.7 Å². The monoisotopic (exact) mass is 203 g/mol. The number of ether oxygens (including phenoxy) is 2. The average molecular weight is 203 g/mol. The van der Waals surface area contributed by atoms with E-state index in [0.717, 1.165) is 25.7 Å². The maximum absolute atomic E-state index is 8.71. The number of aliphatic hydroxyl groups is 1. The molecule has 0 aliphatic heterocycles. The molecule has 1 saturated carbocycles. The van der Waals surface area contributed by atoms with Gasteiger partial charge in [0.2, 0.25) is 0 Å². The summed E-state index contributed by atoms with van der Waals surface area (Å²) in [6.45, 7) is 0.980. The highest BCUT2D eigenvalue weighted by molar-refractivity contribution is 4.88. The van der Waals surface area contributed by atoms with Gasteiger partial charge in [-0.15, -0.1) is 0 Å². The Hall–Kier alpha value is -0.160. The summed E-state index contributed by atoms with van der Waals surface area (Å²) in [5.74, 6) is 0. The molecule has 0 heterocycles. The molecule has 4 nitrogen and oxygen atoms in total. The average Bonchev–Trinajstić information content (AvgIpc) is 2.27. The molecule has 4 heteroatoms. The van der Waals surface area contributed by atoms with Crippen LogP contribution >= 0.6 is 0 Å². The van der Waals surface area contributed by atoms with E-state index in [4.69, 9.17) is 20.3 Å². The summed E-state index contributed by atoms with van der Waals surface area (Å²) in [6.07, 6.45) is 4.22. The highest BCUT2D eigenvalue weighted by Gasteiger charge is 2.34. The smallest absolute Gasteiger partial charge is 0.0807 e. The van der Waals surface area contributed by atoms with Crippen LogP contribution < -0.4 is 5.73 Å². The molecule has 0 aromatic carbocycles. The van der Waals surface area contributed by atoms with E-state index in [1.54, 1.807) is 7.11 Å². The van der Waals surface area contributed by atoms with Gasteiger partial charge in [-0.1, -0.05) is 0 Å². The molecule has 14 heavy (non-hydrogen) atoms. The van der Waals surface area contributed by atoms with Gasteiger partial charge in [-0.3, -0.25) is 0 Å². The number of hydrogen-bond acceptors (Lipinski definition) is 4. The minimum Gasteiger partial charge on any atom is -0.394 e. The van der Waals surface area contributed by atoms with Gasteiger partial charge >= 0.3 is 0 Å². The number of hydrogen-bond donors (Lipinski definition) is 2.